The lowest BCUT2D eigenvalue weighted by Gasteiger charge is -2.43. The molecule has 1 aromatic heterocycles. The highest BCUT2D eigenvalue weighted by molar-refractivity contribution is 5.99. The van der Waals surface area contributed by atoms with Crippen molar-refractivity contribution in [3.63, 3.8) is 0 Å². The number of rotatable bonds is 3. The molecule has 3 aromatic rings. The number of benzene rings is 2. The van der Waals surface area contributed by atoms with Gasteiger partial charge in [0, 0.05) is 32.3 Å². The van der Waals surface area contributed by atoms with Crippen LogP contribution in [0, 0.1) is 0 Å². The lowest BCUT2D eigenvalue weighted by molar-refractivity contribution is -0.187. The molecular formula is C24H25NO7. The van der Waals surface area contributed by atoms with Crippen LogP contribution >= 0.6 is 0 Å². The van der Waals surface area contributed by atoms with Crippen molar-refractivity contribution in [2.75, 3.05) is 7.11 Å². The van der Waals surface area contributed by atoms with Crippen LogP contribution in [0.25, 0.3) is 21.8 Å². The largest absolute Gasteiger partial charge is 0.496 e. The first-order valence-electron chi connectivity index (χ1n) is 10.2. The molecule has 4 rings (SSSR count). The minimum absolute atomic E-state index is 0.219. The second-order valence-corrected chi connectivity index (χ2v) is 8.39. The molecule has 0 saturated heterocycles. The van der Waals surface area contributed by atoms with Crippen LogP contribution in [-0.4, -0.2) is 35.3 Å². The van der Waals surface area contributed by atoms with Crippen molar-refractivity contribution in [2.45, 2.75) is 45.5 Å². The quantitative estimate of drug-likeness (QED) is 0.456. The van der Waals surface area contributed by atoms with E-state index in [4.69, 9.17) is 18.9 Å². The number of pyridine rings is 1. The molecule has 0 radical (unpaired) electrons. The summed E-state index contributed by atoms with van der Waals surface area (Å²) in [6.45, 7) is 6.06. The van der Waals surface area contributed by atoms with Crippen molar-refractivity contribution < 1.29 is 28.5 Å². The molecule has 8 nitrogen and oxygen atoms in total. The topological polar surface area (TPSA) is 93.1 Å². The Balaban J connectivity index is 2.19. The Morgan fingerprint density at radius 1 is 1.09 bits per heavy atom. The third-order valence-electron chi connectivity index (χ3n) is 5.76. The highest BCUT2D eigenvalue weighted by Crippen LogP contribution is 2.48. The highest BCUT2D eigenvalue weighted by atomic mass is 16.6. The van der Waals surface area contributed by atoms with Gasteiger partial charge in [0.1, 0.15) is 17.1 Å². The van der Waals surface area contributed by atoms with E-state index in [1.807, 2.05) is 23.7 Å². The SMILES string of the molecule is COc1cc2c(c3c1c(=O)c1ccccc1n3C)[C@@H](OC(C)=O)[C@@H](OC(C)=O)C(C)(C)O2. The number of hydrogen-bond acceptors (Lipinski definition) is 7. The summed E-state index contributed by atoms with van der Waals surface area (Å²) in [7, 11) is 3.30. The van der Waals surface area contributed by atoms with Crippen LogP contribution in [0.15, 0.2) is 35.1 Å². The predicted octanol–water partition coefficient (Wildman–Crippen LogP) is 3.41. The summed E-state index contributed by atoms with van der Waals surface area (Å²) in [5, 5.41) is 0.855. The van der Waals surface area contributed by atoms with Crippen LogP contribution in [0.1, 0.15) is 39.4 Å². The van der Waals surface area contributed by atoms with Gasteiger partial charge >= 0.3 is 11.9 Å². The van der Waals surface area contributed by atoms with Crippen molar-refractivity contribution >= 4 is 33.7 Å². The van der Waals surface area contributed by atoms with Crippen LogP contribution in [-0.2, 0) is 26.1 Å². The maximum Gasteiger partial charge on any atom is 0.303 e. The Morgan fingerprint density at radius 3 is 2.38 bits per heavy atom. The van der Waals surface area contributed by atoms with Crippen molar-refractivity contribution in [3.05, 3.63) is 46.1 Å². The summed E-state index contributed by atoms with van der Waals surface area (Å²) in [5.41, 5.74) is 0.390. The lowest BCUT2D eigenvalue weighted by atomic mass is 9.86. The van der Waals surface area contributed by atoms with Crippen molar-refractivity contribution in [1.82, 2.24) is 4.57 Å². The average Bonchev–Trinajstić information content (AvgIpc) is 2.72. The summed E-state index contributed by atoms with van der Waals surface area (Å²) in [4.78, 5) is 37.5. The maximum absolute atomic E-state index is 13.5. The van der Waals surface area contributed by atoms with E-state index in [9.17, 15) is 14.4 Å². The molecule has 0 amide bonds. The second kappa shape index (κ2) is 7.55. The van der Waals surface area contributed by atoms with Gasteiger partial charge in [-0.2, -0.15) is 0 Å². The molecule has 0 unspecified atom stereocenters. The molecule has 2 atom stereocenters. The lowest BCUT2D eigenvalue weighted by Crippen LogP contribution is -2.52. The Morgan fingerprint density at radius 2 is 1.75 bits per heavy atom. The molecule has 8 heteroatoms. The first kappa shape index (κ1) is 21.7. The van der Waals surface area contributed by atoms with E-state index in [1.54, 1.807) is 32.0 Å². The first-order chi connectivity index (χ1) is 15.1. The summed E-state index contributed by atoms with van der Waals surface area (Å²) < 4.78 is 24.9. The zero-order chi connectivity index (χ0) is 23.4. The van der Waals surface area contributed by atoms with E-state index in [1.165, 1.54) is 21.0 Å². The molecule has 1 aliphatic heterocycles. The van der Waals surface area contributed by atoms with E-state index in [0.717, 1.165) is 0 Å². The van der Waals surface area contributed by atoms with Crippen LogP contribution in [0.2, 0.25) is 0 Å². The van der Waals surface area contributed by atoms with Gasteiger partial charge in [-0.3, -0.25) is 14.4 Å². The Bertz CT molecular complexity index is 1320. The zero-order valence-corrected chi connectivity index (χ0v) is 18.8. The van der Waals surface area contributed by atoms with E-state index in [2.05, 4.69) is 0 Å². The minimum Gasteiger partial charge on any atom is -0.496 e. The van der Waals surface area contributed by atoms with Crippen LogP contribution in [0.4, 0.5) is 0 Å². The number of aromatic nitrogens is 1. The van der Waals surface area contributed by atoms with Gasteiger partial charge in [-0.25, -0.2) is 0 Å². The van der Waals surface area contributed by atoms with Gasteiger partial charge in [0.25, 0.3) is 0 Å². The number of methoxy groups -OCH3 is 1. The standard InChI is InChI=1S/C24H25NO7/c1-12(26)30-22-19-17(32-24(3,4)23(22)31-13(2)27)11-16(29-6)18-20(19)25(5)15-10-8-7-9-14(15)21(18)28/h7-11,22-23H,1-6H3/t22-,23-/m1/s1. The highest BCUT2D eigenvalue weighted by Gasteiger charge is 2.50. The van der Waals surface area contributed by atoms with Gasteiger partial charge in [-0.15, -0.1) is 0 Å². The molecule has 0 spiro atoms. The molecule has 0 saturated carbocycles. The molecule has 1 aliphatic rings. The van der Waals surface area contributed by atoms with Gasteiger partial charge in [0.05, 0.1) is 29.1 Å². The number of para-hydroxylation sites is 1. The fourth-order valence-electron chi connectivity index (χ4n) is 4.48. The fraction of sp³-hybridized carbons (Fsp3) is 0.375. The number of hydrogen-bond donors (Lipinski definition) is 0. The summed E-state index contributed by atoms with van der Waals surface area (Å²) in [6.07, 6.45) is -1.93. The first-order valence-corrected chi connectivity index (χ1v) is 10.2. The zero-order valence-electron chi connectivity index (χ0n) is 18.8. The molecular weight excluding hydrogens is 414 g/mol. The summed E-state index contributed by atoms with van der Waals surface area (Å²) in [5.74, 6) is -0.359. The average molecular weight is 439 g/mol. The predicted molar refractivity (Wildman–Crippen MR) is 118 cm³/mol. The monoisotopic (exact) mass is 439 g/mol. The van der Waals surface area contributed by atoms with E-state index in [-0.39, 0.29) is 5.43 Å². The van der Waals surface area contributed by atoms with Crippen molar-refractivity contribution in [3.8, 4) is 11.5 Å². The Kier molecular flexibility index (Phi) is 5.11. The summed E-state index contributed by atoms with van der Waals surface area (Å²) in [6, 6.07) is 8.84. The van der Waals surface area contributed by atoms with Crippen molar-refractivity contribution in [2.24, 2.45) is 7.05 Å². The molecule has 2 aromatic carbocycles. The number of esters is 2. The number of nitrogens with zero attached hydrogens (tertiary/aromatic N) is 1. The van der Waals surface area contributed by atoms with Crippen molar-refractivity contribution in [1.29, 1.82) is 0 Å². The number of carbonyl (C=O) groups excluding carboxylic acids is 2. The molecule has 2 heterocycles. The molecule has 0 fully saturated rings. The van der Waals surface area contributed by atoms with Crippen LogP contribution < -0.4 is 14.9 Å². The Labute approximate surface area is 184 Å². The van der Waals surface area contributed by atoms with Crippen LogP contribution in [0.5, 0.6) is 11.5 Å². The molecule has 32 heavy (non-hydrogen) atoms. The third kappa shape index (κ3) is 3.26. The Hall–Kier alpha value is -3.55. The minimum atomic E-state index is -1.02. The molecule has 0 bridgehead atoms. The number of carbonyl (C=O) groups is 2. The fourth-order valence-corrected chi connectivity index (χ4v) is 4.48. The number of ether oxygens (including phenoxy) is 4. The van der Waals surface area contributed by atoms with Gasteiger partial charge in [-0.05, 0) is 26.0 Å². The van der Waals surface area contributed by atoms with Gasteiger partial charge in [-0.1, -0.05) is 12.1 Å². The second-order valence-electron chi connectivity index (χ2n) is 8.39. The van der Waals surface area contributed by atoms with Gasteiger partial charge in [0.15, 0.2) is 12.2 Å². The van der Waals surface area contributed by atoms with Crippen LogP contribution in [0.3, 0.4) is 0 Å². The maximum atomic E-state index is 13.5. The molecule has 0 aliphatic carbocycles. The molecule has 168 valence electrons. The van der Waals surface area contributed by atoms with E-state index in [0.29, 0.717) is 38.9 Å². The van der Waals surface area contributed by atoms with Gasteiger partial charge in [0.2, 0.25) is 5.43 Å². The van der Waals surface area contributed by atoms with E-state index < -0.39 is 29.7 Å². The number of aryl methyl sites for hydroxylation is 1. The third-order valence-corrected chi connectivity index (χ3v) is 5.76. The number of fused-ring (bicyclic) bond motifs is 4. The smallest absolute Gasteiger partial charge is 0.303 e. The van der Waals surface area contributed by atoms with Gasteiger partial charge < -0.3 is 23.5 Å². The normalized spacial score (nSPS) is 19.2. The summed E-state index contributed by atoms with van der Waals surface area (Å²) >= 11 is 0. The van der Waals surface area contributed by atoms with E-state index >= 15 is 0 Å². The molecule has 0 N–H and O–H groups in total.